The van der Waals surface area contributed by atoms with E-state index in [1.807, 2.05) is 0 Å². The Balaban J connectivity index is 2.08. The van der Waals surface area contributed by atoms with E-state index in [1.165, 1.54) is 19.1 Å². The molecule has 1 N–H and O–H groups in total. The monoisotopic (exact) mass is 454 g/mol. The van der Waals surface area contributed by atoms with Crippen molar-refractivity contribution in [1.82, 2.24) is 5.32 Å². The summed E-state index contributed by atoms with van der Waals surface area (Å²) in [5, 5.41) is 2.42. The Morgan fingerprint density at radius 3 is 2.54 bits per heavy atom. The van der Waals surface area contributed by atoms with E-state index in [4.69, 9.17) is 4.74 Å². The van der Waals surface area contributed by atoms with Crippen LogP contribution in [0.4, 0.5) is 13.2 Å². The van der Waals surface area contributed by atoms with Crippen molar-refractivity contribution in [1.29, 1.82) is 0 Å². The van der Waals surface area contributed by atoms with Gasteiger partial charge < -0.3 is 4.74 Å². The van der Waals surface area contributed by atoms with Gasteiger partial charge in [0.25, 0.3) is 18.4 Å². The molecule has 1 aliphatic rings. The number of rotatable bonds is 3. The highest BCUT2D eigenvalue weighted by atomic mass is 79.9. The van der Waals surface area contributed by atoms with E-state index in [-0.39, 0.29) is 11.6 Å². The van der Waals surface area contributed by atoms with Crippen LogP contribution in [0.1, 0.15) is 29.8 Å². The molecule has 1 heterocycles. The summed E-state index contributed by atoms with van der Waals surface area (Å²) < 4.78 is 49.3. The predicted octanol–water partition coefficient (Wildman–Crippen LogP) is 4.89. The molecule has 0 fully saturated rings. The molecule has 0 bridgehead atoms. The molecule has 4 nitrogen and oxygen atoms in total. The number of carbonyl (C=O) groups excluding carboxylic acids is 1. The highest BCUT2D eigenvalue weighted by molar-refractivity contribution is 9.10. The maximum Gasteiger partial charge on any atom is 0.293 e. The number of carbonyl (C=O) groups is 1. The van der Waals surface area contributed by atoms with Crippen LogP contribution in [0.2, 0.25) is 0 Å². The molecular formula is C20H18BrF3N2O2. The highest BCUT2D eigenvalue weighted by Gasteiger charge is 2.54. The number of hydrogen-bond donors (Lipinski definition) is 1. The first-order valence-corrected chi connectivity index (χ1v) is 9.41. The van der Waals surface area contributed by atoms with E-state index < -0.39 is 35.7 Å². The second-order valence-electron chi connectivity index (χ2n) is 6.60. The number of aliphatic imine (C=N–C) groups is 1. The van der Waals surface area contributed by atoms with Crippen LogP contribution in [0.15, 0.2) is 58.0 Å². The number of halogens is 4. The number of alkyl halides is 2. The van der Waals surface area contributed by atoms with Gasteiger partial charge in [0.05, 0.1) is 0 Å². The molecule has 0 saturated carbocycles. The van der Waals surface area contributed by atoms with Crippen molar-refractivity contribution in [2.75, 3.05) is 0 Å². The fourth-order valence-electron chi connectivity index (χ4n) is 3.22. The first-order valence-electron chi connectivity index (χ1n) is 8.62. The largest absolute Gasteiger partial charge is 0.462 e. The molecule has 2 aromatic rings. The van der Waals surface area contributed by atoms with E-state index in [2.05, 4.69) is 26.2 Å². The van der Waals surface area contributed by atoms with Gasteiger partial charge in [-0.2, -0.15) is 0 Å². The Labute approximate surface area is 168 Å². The minimum Gasteiger partial charge on any atom is -0.462 e. The van der Waals surface area contributed by atoms with Gasteiger partial charge in [0.1, 0.15) is 11.9 Å². The van der Waals surface area contributed by atoms with E-state index >= 15 is 0 Å². The Morgan fingerprint density at radius 2 is 1.89 bits per heavy atom. The lowest BCUT2D eigenvalue weighted by atomic mass is 9.76. The van der Waals surface area contributed by atoms with Crippen LogP contribution < -0.4 is 5.32 Å². The maximum atomic E-state index is 14.6. The zero-order valence-electron chi connectivity index (χ0n) is 15.1. The van der Waals surface area contributed by atoms with E-state index in [0.717, 1.165) is 6.07 Å². The topological polar surface area (TPSA) is 50.7 Å². The van der Waals surface area contributed by atoms with Crippen molar-refractivity contribution in [3.05, 3.63) is 69.9 Å². The zero-order chi connectivity index (χ0) is 20.5. The van der Waals surface area contributed by atoms with Gasteiger partial charge in [-0.15, -0.1) is 0 Å². The molecule has 148 valence electrons. The molecule has 8 heteroatoms. The van der Waals surface area contributed by atoms with Gasteiger partial charge in [-0.1, -0.05) is 41.1 Å². The summed E-state index contributed by atoms with van der Waals surface area (Å²) in [6.45, 7) is 3.11. The minimum atomic E-state index is -3.03. The number of ether oxygens (including phenoxy) is 1. The van der Waals surface area contributed by atoms with Crippen LogP contribution in [0, 0.1) is 11.7 Å². The molecule has 0 aliphatic carbocycles. The van der Waals surface area contributed by atoms with Crippen molar-refractivity contribution < 1.29 is 22.7 Å². The van der Waals surface area contributed by atoms with E-state index in [9.17, 15) is 18.0 Å². The predicted molar refractivity (Wildman–Crippen MR) is 103 cm³/mol. The third kappa shape index (κ3) is 3.65. The maximum absolute atomic E-state index is 14.6. The van der Waals surface area contributed by atoms with E-state index in [0.29, 0.717) is 10.0 Å². The number of amides is 1. The molecule has 1 aliphatic heterocycles. The first-order chi connectivity index (χ1) is 13.3. The van der Waals surface area contributed by atoms with Gasteiger partial charge in [-0.25, -0.2) is 18.2 Å². The average molecular weight is 455 g/mol. The van der Waals surface area contributed by atoms with Crippen LogP contribution in [-0.2, 0) is 10.3 Å². The number of nitrogens with zero attached hydrogens (tertiary/aromatic N) is 1. The van der Waals surface area contributed by atoms with Gasteiger partial charge in [0.15, 0.2) is 5.54 Å². The lowest BCUT2D eigenvalue weighted by Gasteiger charge is -2.42. The third-order valence-electron chi connectivity index (χ3n) is 4.93. The second-order valence-corrected chi connectivity index (χ2v) is 7.51. The zero-order valence-corrected chi connectivity index (χ0v) is 16.7. The summed E-state index contributed by atoms with van der Waals surface area (Å²) in [4.78, 5) is 16.4. The molecule has 28 heavy (non-hydrogen) atoms. The molecule has 3 atom stereocenters. The Kier molecular flexibility index (Phi) is 5.79. The van der Waals surface area contributed by atoms with Crippen LogP contribution in [0.5, 0.6) is 0 Å². The first kappa shape index (κ1) is 20.4. The molecule has 0 saturated heterocycles. The normalized spacial score (nSPS) is 24.5. The number of benzene rings is 2. The van der Waals surface area contributed by atoms with Crippen LogP contribution in [0.25, 0.3) is 0 Å². The summed E-state index contributed by atoms with van der Waals surface area (Å²) in [5.41, 5.74) is -2.15. The Hall–Kier alpha value is -2.35. The molecule has 0 radical (unpaired) electrons. The van der Waals surface area contributed by atoms with E-state index in [1.54, 1.807) is 37.3 Å². The number of amidine groups is 1. The summed E-state index contributed by atoms with van der Waals surface area (Å²) in [6.07, 6.45) is -3.77. The van der Waals surface area contributed by atoms with Crippen molar-refractivity contribution in [2.45, 2.75) is 31.9 Å². The van der Waals surface area contributed by atoms with Crippen molar-refractivity contribution >= 4 is 27.9 Å². The molecular weight excluding hydrogens is 437 g/mol. The average Bonchev–Trinajstić information content (AvgIpc) is 2.67. The Morgan fingerprint density at radius 1 is 1.21 bits per heavy atom. The third-order valence-corrected chi connectivity index (χ3v) is 5.42. The van der Waals surface area contributed by atoms with Gasteiger partial charge in [0, 0.05) is 21.5 Å². The molecule has 1 unspecified atom stereocenters. The summed E-state index contributed by atoms with van der Waals surface area (Å²) in [6, 6.07) is 11.7. The minimum absolute atomic E-state index is 0.258. The Bertz CT molecular complexity index is 908. The lowest BCUT2D eigenvalue weighted by molar-refractivity contribution is -0.0376. The molecule has 1 amide bonds. The van der Waals surface area contributed by atoms with Crippen molar-refractivity contribution in [3.63, 3.8) is 0 Å². The van der Waals surface area contributed by atoms with Crippen LogP contribution in [0.3, 0.4) is 0 Å². The molecule has 0 aromatic heterocycles. The quantitative estimate of drug-likeness (QED) is 0.717. The van der Waals surface area contributed by atoms with Gasteiger partial charge in [-0.05, 0) is 37.3 Å². The molecule has 2 aromatic carbocycles. The fourth-order valence-corrected chi connectivity index (χ4v) is 3.58. The molecule has 0 spiro atoms. The van der Waals surface area contributed by atoms with Gasteiger partial charge in [-0.3, -0.25) is 10.1 Å². The summed E-state index contributed by atoms with van der Waals surface area (Å²) in [5.74, 6) is -2.21. The van der Waals surface area contributed by atoms with Crippen molar-refractivity contribution in [2.24, 2.45) is 10.9 Å². The number of hydrogen-bond acceptors (Lipinski definition) is 3. The summed E-state index contributed by atoms with van der Waals surface area (Å²) >= 11 is 3.20. The SMILES string of the molecule is CC1OC(NC(=O)c2ccccc2)=N[C@](c2cc(Br)ccc2F)(C(F)F)[C@@H]1C. The number of nitrogens with one attached hydrogen (secondary N) is 1. The standard InChI is InChI=1S/C20H18BrF3N2O2/c1-11-12(2)28-19(25-17(27)13-6-4-3-5-7-13)26-20(11,18(23)24)15-10-14(21)8-9-16(15)22/h3-12,18H,1-2H3,(H,25,26,27)/t11-,12?,20-/m1/s1. The van der Waals surface area contributed by atoms with Crippen molar-refractivity contribution in [3.8, 4) is 0 Å². The second kappa shape index (κ2) is 7.95. The van der Waals surface area contributed by atoms with Crippen LogP contribution >= 0.6 is 15.9 Å². The van der Waals surface area contributed by atoms with Gasteiger partial charge >= 0.3 is 0 Å². The highest BCUT2D eigenvalue weighted by Crippen LogP contribution is 2.46. The van der Waals surface area contributed by atoms with Crippen LogP contribution in [-0.4, -0.2) is 24.5 Å². The summed E-state index contributed by atoms with van der Waals surface area (Å²) in [7, 11) is 0. The molecule has 3 rings (SSSR count). The van der Waals surface area contributed by atoms with Gasteiger partial charge in [0.2, 0.25) is 0 Å². The lowest BCUT2D eigenvalue weighted by Crippen LogP contribution is -2.52. The fraction of sp³-hybridized carbons (Fsp3) is 0.300. The smallest absolute Gasteiger partial charge is 0.293 e.